The Morgan fingerprint density at radius 3 is 2.18 bits per heavy atom. The largest absolute Gasteiger partial charge is 0.416 e. The third kappa shape index (κ3) is 7.08. The first-order chi connectivity index (χ1) is 18.4. The van der Waals surface area contributed by atoms with E-state index in [9.17, 15) is 31.1 Å². The second-order valence-electron chi connectivity index (χ2n) is 10.3. The summed E-state index contributed by atoms with van der Waals surface area (Å²) in [6.45, 7) is 2.56. The molecule has 0 bridgehead atoms. The molecule has 0 spiro atoms. The summed E-state index contributed by atoms with van der Waals surface area (Å²) in [5, 5.41) is 3.69. The van der Waals surface area contributed by atoms with Gasteiger partial charge in [0.15, 0.2) is 0 Å². The number of nitrogens with zero attached hydrogens (tertiary/aromatic N) is 3. The lowest BCUT2D eigenvalue weighted by Gasteiger charge is -2.38. The van der Waals surface area contributed by atoms with E-state index in [1.54, 1.807) is 18.9 Å². The van der Waals surface area contributed by atoms with Crippen molar-refractivity contribution in [1.82, 2.24) is 20.2 Å². The molecule has 1 aromatic heterocycles. The third-order valence-corrected chi connectivity index (χ3v) is 7.65. The molecule has 1 amide bonds. The van der Waals surface area contributed by atoms with E-state index < -0.39 is 23.5 Å². The van der Waals surface area contributed by atoms with Crippen molar-refractivity contribution in [2.45, 2.75) is 82.4 Å². The molecule has 2 aliphatic rings. The van der Waals surface area contributed by atoms with E-state index in [0.717, 1.165) is 44.9 Å². The van der Waals surface area contributed by atoms with Crippen molar-refractivity contribution in [1.29, 1.82) is 0 Å². The highest BCUT2D eigenvalue weighted by Crippen LogP contribution is 2.37. The number of piperidine rings is 1. The SMILES string of the molecule is COC1CCCCC1NC1CCN(C(=O)c2ncnc(Cc3cc(C(F)(F)F)cc(C(F)(F)F)c3)c2C)CC1. The lowest BCUT2D eigenvalue weighted by atomic mass is 9.90. The lowest BCUT2D eigenvalue weighted by Crippen LogP contribution is -2.52. The molecule has 1 saturated carbocycles. The Hall–Kier alpha value is -2.73. The average Bonchev–Trinajstić information content (AvgIpc) is 2.89. The van der Waals surface area contributed by atoms with Crippen LogP contribution in [0.25, 0.3) is 0 Å². The van der Waals surface area contributed by atoms with Crippen LogP contribution in [0.3, 0.4) is 0 Å². The van der Waals surface area contributed by atoms with Crippen LogP contribution in [0.4, 0.5) is 26.3 Å². The Morgan fingerprint density at radius 2 is 1.59 bits per heavy atom. The first kappa shape index (κ1) is 29.3. The molecule has 39 heavy (non-hydrogen) atoms. The predicted molar refractivity (Wildman–Crippen MR) is 131 cm³/mol. The fourth-order valence-electron chi connectivity index (χ4n) is 5.47. The number of nitrogens with one attached hydrogen (secondary N) is 1. The summed E-state index contributed by atoms with van der Waals surface area (Å²) in [4.78, 5) is 23.1. The van der Waals surface area contributed by atoms with Crippen LogP contribution in [0.1, 0.15) is 77.0 Å². The Bertz CT molecular complexity index is 1130. The Labute approximate surface area is 223 Å². The highest BCUT2D eigenvalue weighted by atomic mass is 19.4. The molecule has 2 unspecified atom stereocenters. The molecule has 4 rings (SSSR count). The molecular weight excluding hydrogens is 526 g/mol. The normalized spacial score (nSPS) is 21.3. The number of carbonyl (C=O) groups is 1. The molecule has 2 fully saturated rings. The molecule has 2 heterocycles. The van der Waals surface area contributed by atoms with Gasteiger partial charge in [0, 0.05) is 44.3 Å². The second-order valence-corrected chi connectivity index (χ2v) is 10.3. The number of carbonyl (C=O) groups excluding carboxylic acids is 1. The highest BCUT2D eigenvalue weighted by Gasteiger charge is 2.37. The first-order valence-corrected chi connectivity index (χ1v) is 13.0. The van der Waals surface area contributed by atoms with Crippen LogP contribution in [0.2, 0.25) is 0 Å². The minimum Gasteiger partial charge on any atom is -0.380 e. The van der Waals surface area contributed by atoms with E-state index in [4.69, 9.17) is 4.74 Å². The van der Waals surface area contributed by atoms with E-state index in [2.05, 4.69) is 15.3 Å². The number of likely N-dealkylation sites (tertiary alicyclic amines) is 1. The van der Waals surface area contributed by atoms with E-state index in [0.29, 0.717) is 30.8 Å². The lowest BCUT2D eigenvalue weighted by molar-refractivity contribution is -0.143. The van der Waals surface area contributed by atoms with Crippen LogP contribution in [-0.2, 0) is 23.5 Å². The van der Waals surface area contributed by atoms with Gasteiger partial charge in [-0.3, -0.25) is 4.79 Å². The molecule has 1 saturated heterocycles. The monoisotopic (exact) mass is 558 g/mol. The Kier molecular flexibility index (Phi) is 8.85. The molecule has 12 heteroatoms. The van der Waals surface area contributed by atoms with Gasteiger partial charge in [-0.1, -0.05) is 12.8 Å². The maximum atomic E-state index is 13.3. The van der Waals surface area contributed by atoms with Gasteiger partial charge in [0.1, 0.15) is 12.0 Å². The van der Waals surface area contributed by atoms with Crippen molar-refractivity contribution in [2.75, 3.05) is 20.2 Å². The van der Waals surface area contributed by atoms with E-state index >= 15 is 0 Å². The van der Waals surface area contributed by atoms with E-state index in [1.165, 1.54) is 0 Å². The number of benzene rings is 1. The number of alkyl halides is 6. The van der Waals surface area contributed by atoms with Gasteiger partial charge >= 0.3 is 12.4 Å². The molecule has 0 radical (unpaired) electrons. The van der Waals surface area contributed by atoms with Gasteiger partial charge < -0.3 is 15.0 Å². The van der Waals surface area contributed by atoms with Crippen molar-refractivity contribution in [3.8, 4) is 0 Å². The van der Waals surface area contributed by atoms with Gasteiger partial charge in [-0.25, -0.2) is 9.97 Å². The average molecular weight is 559 g/mol. The summed E-state index contributed by atoms with van der Waals surface area (Å²) in [5.74, 6) is -0.331. The van der Waals surface area contributed by atoms with Gasteiger partial charge in [-0.2, -0.15) is 26.3 Å². The summed E-state index contributed by atoms with van der Waals surface area (Å²) >= 11 is 0. The van der Waals surface area contributed by atoms with E-state index in [1.807, 2.05) is 0 Å². The standard InChI is InChI=1S/C27H32F6N4O2/c1-16-22(13-17-11-18(26(28,29)30)14-19(12-17)27(31,32)33)34-15-35-24(16)25(38)37-9-7-20(8-10-37)36-21-5-3-4-6-23(21)39-2/h11-12,14-15,20-21,23,36H,3-10,13H2,1-2H3. The predicted octanol–water partition coefficient (Wildman–Crippen LogP) is 5.57. The summed E-state index contributed by atoms with van der Waals surface area (Å²) in [6.07, 6.45) is -3.00. The van der Waals surface area contributed by atoms with Crippen LogP contribution in [-0.4, -0.2) is 59.2 Å². The summed E-state index contributed by atoms with van der Waals surface area (Å²) in [5.41, 5.74) is -2.37. The topological polar surface area (TPSA) is 67.3 Å². The minimum absolute atomic E-state index is 0.0907. The molecule has 1 N–H and O–H groups in total. The molecule has 2 atom stereocenters. The van der Waals surface area contributed by atoms with Crippen LogP contribution >= 0.6 is 0 Å². The zero-order valence-corrected chi connectivity index (χ0v) is 21.8. The second kappa shape index (κ2) is 11.8. The molecule has 1 aliphatic carbocycles. The van der Waals surface area contributed by atoms with Crippen molar-refractivity contribution in [3.63, 3.8) is 0 Å². The number of methoxy groups -OCH3 is 1. The molecule has 214 valence electrons. The highest BCUT2D eigenvalue weighted by molar-refractivity contribution is 5.93. The van der Waals surface area contributed by atoms with Crippen molar-refractivity contribution in [2.24, 2.45) is 0 Å². The van der Waals surface area contributed by atoms with Gasteiger partial charge in [0.2, 0.25) is 0 Å². The van der Waals surface area contributed by atoms with Crippen LogP contribution in [0, 0.1) is 6.92 Å². The molecular formula is C27H32F6N4O2. The van der Waals surface area contributed by atoms with Crippen molar-refractivity contribution >= 4 is 5.91 Å². The Balaban J connectivity index is 1.46. The first-order valence-electron chi connectivity index (χ1n) is 13.0. The van der Waals surface area contributed by atoms with Crippen LogP contribution in [0.5, 0.6) is 0 Å². The van der Waals surface area contributed by atoms with Gasteiger partial charge in [0.05, 0.1) is 22.9 Å². The molecule has 1 aliphatic heterocycles. The number of ether oxygens (including phenoxy) is 1. The maximum Gasteiger partial charge on any atom is 0.416 e. The quantitative estimate of drug-likeness (QED) is 0.470. The smallest absolute Gasteiger partial charge is 0.380 e. The minimum atomic E-state index is -4.94. The number of rotatable bonds is 6. The maximum absolute atomic E-state index is 13.3. The summed E-state index contributed by atoms with van der Waals surface area (Å²) in [7, 11) is 1.73. The summed E-state index contributed by atoms with van der Waals surface area (Å²) < 4.78 is 85.3. The molecule has 6 nitrogen and oxygen atoms in total. The summed E-state index contributed by atoms with van der Waals surface area (Å²) in [6, 6.07) is 1.98. The fraction of sp³-hybridized carbons (Fsp3) is 0.593. The van der Waals surface area contributed by atoms with Gasteiger partial charge in [-0.15, -0.1) is 0 Å². The van der Waals surface area contributed by atoms with Crippen molar-refractivity contribution < 1.29 is 35.9 Å². The zero-order valence-electron chi connectivity index (χ0n) is 21.8. The third-order valence-electron chi connectivity index (χ3n) is 7.65. The van der Waals surface area contributed by atoms with Crippen molar-refractivity contribution in [3.05, 3.63) is 58.2 Å². The van der Waals surface area contributed by atoms with E-state index in [-0.39, 0.29) is 53.5 Å². The van der Waals surface area contributed by atoms with Gasteiger partial charge in [-0.05, 0) is 56.4 Å². The number of amides is 1. The van der Waals surface area contributed by atoms with Crippen LogP contribution in [0.15, 0.2) is 24.5 Å². The number of hydrogen-bond acceptors (Lipinski definition) is 5. The fourth-order valence-corrected chi connectivity index (χ4v) is 5.47. The number of halogens is 6. The number of hydrogen-bond donors (Lipinski definition) is 1. The number of aromatic nitrogens is 2. The zero-order chi connectivity index (χ0) is 28.4. The molecule has 2 aromatic rings. The Morgan fingerprint density at radius 1 is 0.974 bits per heavy atom. The molecule has 1 aromatic carbocycles. The van der Waals surface area contributed by atoms with Gasteiger partial charge in [0.25, 0.3) is 5.91 Å². The van der Waals surface area contributed by atoms with Crippen LogP contribution < -0.4 is 5.32 Å².